The Labute approximate surface area is 162 Å². The van der Waals surface area contributed by atoms with Gasteiger partial charge in [-0.1, -0.05) is 25.3 Å². The summed E-state index contributed by atoms with van der Waals surface area (Å²) in [6.07, 6.45) is 9.70. The minimum absolute atomic E-state index is 0.256. The molecule has 1 heterocycles. The summed E-state index contributed by atoms with van der Waals surface area (Å²) < 4.78 is 8.05. The summed E-state index contributed by atoms with van der Waals surface area (Å²) in [6.45, 7) is 9.82. The lowest BCUT2D eigenvalue weighted by Gasteiger charge is -2.57. The van der Waals surface area contributed by atoms with Gasteiger partial charge in [0.05, 0.1) is 6.10 Å². The van der Waals surface area contributed by atoms with Gasteiger partial charge in [-0.3, -0.25) is 0 Å². The lowest BCUT2D eigenvalue weighted by Crippen LogP contribution is -2.66. The molecule has 2 atom stereocenters. The van der Waals surface area contributed by atoms with Crippen LogP contribution in [0.15, 0.2) is 17.6 Å². The number of rotatable bonds is 7. The minimum Gasteiger partial charge on any atom is -0.378 e. The molecule has 3 rings (SSSR count). The topological polar surface area (TPSA) is 76.4 Å². The van der Waals surface area contributed by atoms with E-state index < -0.39 is 0 Å². The van der Waals surface area contributed by atoms with Crippen LogP contribution in [0.5, 0.6) is 0 Å². The summed E-state index contributed by atoms with van der Waals surface area (Å²) in [6, 6.07) is 0.409. The van der Waals surface area contributed by atoms with Gasteiger partial charge in [-0.05, 0) is 33.1 Å². The molecule has 2 fully saturated rings. The molecule has 1 aromatic rings. The molecule has 27 heavy (non-hydrogen) atoms. The predicted molar refractivity (Wildman–Crippen MR) is 108 cm³/mol. The number of ether oxygens (including phenoxy) is 1. The maximum atomic E-state index is 6.07. The van der Waals surface area contributed by atoms with E-state index in [-0.39, 0.29) is 5.41 Å². The highest BCUT2D eigenvalue weighted by molar-refractivity contribution is 5.80. The Balaban J connectivity index is 1.70. The van der Waals surface area contributed by atoms with Crippen molar-refractivity contribution in [3.8, 4) is 0 Å². The van der Waals surface area contributed by atoms with E-state index in [1.54, 1.807) is 0 Å². The first-order chi connectivity index (χ1) is 13.1. The van der Waals surface area contributed by atoms with Crippen molar-refractivity contribution in [2.75, 3.05) is 13.2 Å². The second-order valence-electron chi connectivity index (χ2n) is 7.73. The molecule has 7 heteroatoms. The maximum Gasteiger partial charge on any atom is 0.192 e. The fraction of sp³-hybridized carbons (Fsp3) is 0.750. The van der Waals surface area contributed by atoms with Gasteiger partial charge >= 0.3 is 0 Å². The van der Waals surface area contributed by atoms with E-state index >= 15 is 0 Å². The van der Waals surface area contributed by atoms with Crippen molar-refractivity contribution in [1.82, 2.24) is 25.4 Å². The number of hydrogen-bond acceptors (Lipinski definition) is 4. The molecule has 2 N–H and O–H groups in total. The highest BCUT2D eigenvalue weighted by Gasteiger charge is 2.55. The Morgan fingerprint density at radius 3 is 2.78 bits per heavy atom. The van der Waals surface area contributed by atoms with Gasteiger partial charge in [0.1, 0.15) is 12.4 Å². The van der Waals surface area contributed by atoms with Crippen molar-refractivity contribution in [3.05, 3.63) is 24.3 Å². The molecule has 2 saturated carbocycles. The summed E-state index contributed by atoms with van der Waals surface area (Å²) in [5.74, 6) is 2.58. The van der Waals surface area contributed by atoms with Gasteiger partial charge in [0.2, 0.25) is 0 Å². The molecule has 1 spiro atoms. The van der Waals surface area contributed by atoms with E-state index in [4.69, 9.17) is 9.73 Å². The normalized spacial score (nSPS) is 24.5. The third-order valence-corrected chi connectivity index (χ3v) is 6.22. The van der Waals surface area contributed by atoms with Crippen molar-refractivity contribution in [1.29, 1.82) is 0 Å². The third-order valence-electron chi connectivity index (χ3n) is 6.22. The Hall–Kier alpha value is -1.89. The van der Waals surface area contributed by atoms with Crippen LogP contribution in [0.2, 0.25) is 0 Å². The van der Waals surface area contributed by atoms with Gasteiger partial charge in [0.15, 0.2) is 11.8 Å². The Bertz CT molecular complexity index is 661. The van der Waals surface area contributed by atoms with Crippen LogP contribution in [-0.2, 0) is 18.3 Å². The number of nitrogens with one attached hydrogen (secondary N) is 2. The minimum atomic E-state index is 0.256. The van der Waals surface area contributed by atoms with Crippen LogP contribution in [0.25, 0.3) is 0 Å². The third kappa shape index (κ3) is 4.18. The van der Waals surface area contributed by atoms with E-state index in [9.17, 15) is 0 Å². The number of aromatic nitrogens is 3. The van der Waals surface area contributed by atoms with Crippen LogP contribution in [0.1, 0.15) is 57.1 Å². The SMILES string of the molecule is C=CCNC(=NCc1nnc(C)n1C)NC1CC(OCC)C12CCCCC2. The molecule has 150 valence electrons. The first kappa shape index (κ1) is 19.9. The van der Waals surface area contributed by atoms with Gasteiger partial charge in [-0.25, -0.2) is 4.99 Å². The first-order valence-corrected chi connectivity index (χ1v) is 10.2. The number of aryl methyl sites for hydroxylation is 1. The molecule has 0 saturated heterocycles. The van der Waals surface area contributed by atoms with Gasteiger partial charge < -0.3 is 19.9 Å². The zero-order valence-corrected chi connectivity index (χ0v) is 17.0. The van der Waals surface area contributed by atoms with Crippen LogP contribution in [0, 0.1) is 12.3 Å². The van der Waals surface area contributed by atoms with Gasteiger partial charge in [-0.15, -0.1) is 16.8 Å². The van der Waals surface area contributed by atoms with Crippen molar-refractivity contribution in [2.24, 2.45) is 17.5 Å². The molecule has 2 aliphatic carbocycles. The highest BCUT2D eigenvalue weighted by Crippen LogP contribution is 2.53. The molecule has 0 bridgehead atoms. The lowest BCUT2D eigenvalue weighted by molar-refractivity contribution is -0.145. The predicted octanol–water partition coefficient (Wildman–Crippen LogP) is 2.47. The van der Waals surface area contributed by atoms with Crippen molar-refractivity contribution < 1.29 is 4.74 Å². The molecule has 7 nitrogen and oxygen atoms in total. The highest BCUT2D eigenvalue weighted by atomic mass is 16.5. The summed E-state index contributed by atoms with van der Waals surface area (Å²) in [5, 5.41) is 15.4. The lowest BCUT2D eigenvalue weighted by atomic mass is 9.55. The number of hydrogen-bond donors (Lipinski definition) is 2. The summed E-state index contributed by atoms with van der Waals surface area (Å²) in [7, 11) is 1.97. The van der Waals surface area contributed by atoms with Crippen LogP contribution in [-0.4, -0.2) is 46.0 Å². The van der Waals surface area contributed by atoms with Gasteiger partial charge in [0, 0.05) is 31.7 Å². The number of aliphatic imine (C=N–C) groups is 1. The fourth-order valence-electron chi connectivity index (χ4n) is 4.49. The number of nitrogens with zero attached hydrogens (tertiary/aromatic N) is 4. The standard InChI is InChI=1S/C20H34N6O/c1-5-12-21-19(22-14-18-25-24-15(3)26(18)4)23-16-13-17(27-6-2)20(16)10-8-7-9-11-20/h5,16-17H,1,6-14H2,2-4H3,(H2,21,22,23). The smallest absolute Gasteiger partial charge is 0.192 e. The molecule has 1 aromatic heterocycles. The number of guanidine groups is 1. The second-order valence-corrected chi connectivity index (χ2v) is 7.73. The van der Waals surface area contributed by atoms with Gasteiger partial charge in [0.25, 0.3) is 0 Å². The van der Waals surface area contributed by atoms with E-state index in [0.717, 1.165) is 30.6 Å². The van der Waals surface area contributed by atoms with E-state index in [2.05, 4.69) is 34.3 Å². The van der Waals surface area contributed by atoms with Crippen LogP contribution in [0.4, 0.5) is 0 Å². The first-order valence-electron chi connectivity index (χ1n) is 10.2. The molecule has 0 radical (unpaired) electrons. The quantitative estimate of drug-likeness (QED) is 0.436. The summed E-state index contributed by atoms with van der Waals surface area (Å²) in [4.78, 5) is 4.76. The van der Waals surface area contributed by atoms with E-state index in [1.165, 1.54) is 32.1 Å². The van der Waals surface area contributed by atoms with E-state index in [0.29, 0.717) is 25.2 Å². The zero-order valence-electron chi connectivity index (χ0n) is 17.0. The average Bonchev–Trinajstić information content (AvgIpc) is 3.01. The molecule has 2 aliphatic rings. The molecular weight excluding hydrogens is 340 g/mol. The Morgan fingerprint density at radius 2 is 2.15 bits per heavy atom. The van der Waals surface area contributed by atoms with Crippen molar-refractivity contribution in [3.63, 3.8) is 0 Å². The summed E-state index contributed by atoms with van der Waals surface area (Å²) in [5.41, 5.74) is 0.256. The van der Waals surface area contributed by atoms with Crippen molar-refractivity contribution in [2.45, 2.75) is 71.1 Å². The Kier molecular flexibility index (Phi) is 6.52. The molecule has 2 unspecified atom stereocenters. The molecule has 0 amide bonds. The van der Waals surface area contributed by atoms with Crippen LogP contribution < -0.4 is 10.6 Å². The van der Waals surface area contributed by atoms with Crippen LogP contribution >= 0.6 is 0 Å². The van der Waals surface area contributed by atoms with Crippen LogP contribution in [0.3, 0.4) is 0 Å². The van der Waals surface area contributed by atoms with E-state index in [1.807, 2.05) is 24.6 Å². The Morgan fingerprint density at radius 1 is 1.37 bits per heavy atom. The fourth-order valence-corrected chi connectivity index (χ4v) is 4.49. The average molecular weight is 375 g/mol. The second kappa shape index (κ2) is 8.87. The summed E-state index contributed by atoms with van der Waals surface area (Å²) >= 11 is 0. The molecule has 0 aliphatic heterocycles. The monoisotopic (exact) mass is 374 g/mol. The van der Waals surface area contributed by atoms with Crippen molar-refractivity contribution >= 4 is 5.96 Å². The maximum absolute atomic E-state index is 6.07. The largest absolute Gasteiger partial charge is 0.378 e. The zero-order chi connectivity index (χ0) is 19.3. The molecular formula is C20H34N6O. The van der Waals surface area contributed by atoms with Gasteiger partial charge in [-0.2, -0.15) is 0 Å². The molecule has 0 aromatic carbocycles.